The second kappa shape index (κ2) is 6.47. The molecule has 0 fully saturated rings. The highest BCUT2D eigenvalue weighted by molar-refractivity contribution is 7.89. The van der Waals surface area contributed by atoms with E-state index >= 15 is 0 Å². The van der Waals surface area contributed by atoms with Gasteiger partial charge >= 0.3 is 0 Å². The molecular weight excluding hydrogens is 308 g/mol. The van der Waals surface area contributed by atoms with Gasteiger partial charge in [0.05, 0.1) is 17.8 Å². The van der Waals surface area contributed by atoms with Crippen molar-refractivity contribution < 1.29 is 8.42 Å². The maximum atomic E-state index is 12.8. The van der Waals surface area contributed by atoms with Crippen molar-refractivity contribution in [1.82, 2.24) is 13.1 Å². The molecule has 2 rings (SSSR count). The monoisotopic (exact) mass is 324 g/mol. The van der Waals surface area contributed by atoms with Gasteiger partial charge in [0.25, 0.3) is 0 Å². The Morgan fingerprint density at radius 2 is 2.14 bits per heavy atom. The minimum Gasteiger partial charge on any atom is -0.207 e. The van der Waals surface area contributed by atoms with Crippen LogP contribution in [-0.2, 0) is 10.0 Å². The van der Waals surface area contributed by atoms with Crippen LogP contribution >= 0.6 is 11.7 Å². The zero-order valence-electron chi connectivity index (χ0n) is 11.9. The number of benzene rings is 1. The maximum Gasteiger partial charge on any atom is 0.245 e. The predicted octanol–water partition coefficient (Wildman–Crippen LogP) is 2.25. The fraction of sp³-hybridized carbons (Fsp3) is 0.462. The van der Waals surface area contributed by atoms with Crippen LogP contribution < -0.4 is 0 Å². The fourth-order valence-electron chi connectivity index (χ4n) is 2.02. The molecule has 0 atom stereocenters. The van der Waals surface area contributed by atoms with Crippen molar-refractivity contribution in [1.29, 1.82) is 5.26 Å². The zero-order valence-corrected chi connectivity index (χ0v) is 13.5. The summed E-state index contributed by atoms with van der Waals surface area (Å²) in [5.74, 6) is 0.172. The quantitative estimate of drug-likeness (QED) is 0.813. The van der Waals surface area contributed by atoms with Gasteiger partial charge in [-0.2, -0.15) is 18.3 Å². The van der Waals surface area contributed by atoms with Crippen LogP contribution in [0.25, 0.3) is 11.0 Å². The van der Waals surface area contributed by atoms with Crippen molar-refractivity contribution in [2.24, 2.45) is 5.92 Å². The molecule has 1 heterocycles. The van der Waals surface area contributed by atoms with Crippen LogP contribution in [0.3, 0.4) is 0 Å². The zero-order chi connectivity index (χ0) is 15.5. The van der Waals surface area contributed by atoms with E-state index in [1.165, 1.54) is 4.31 Å². The van der Waals surface area contributed by atoms with Gasteiger partial charge in [-0.15, -0.1) is 0 Å². The number of hydrogen-bond acceptors (Lipinski definition) is 6. The predicted molar refractivity (Wildman–Crippen MR) is 81.2 cm³/mol. The highest BCUT2D eigenvalue weighted by atomic mass is 32.2. The van der Waals surface area contributed by atoms with Crippen molar-refractivity contribution in [3.63, 3.8) is 0 Å². The Kier molecular flexibility index (Phi) is 4.88. The van der Waals surface area contributed by atoms with Crippen LogP contribution in [-0.4, -0.2) is 34.6 Å². The van der Waals surface area contributed by atoms with Crippen LogP contribution in [0.1, 0.15) is 20.3 Å². The third kappa shape index (κ3) is 3.37. The first-order valence-electron chi connectivity index (χ1n) is 6.55. The smallest absolute Gasteiger partial charge is 0.207 e. The van der Waals surface area contributed by atoms with Crippen molar-refractivity contribution in [3.05, 3.63) is 18.2 Å². The summed E-state index contributed by atoms with van der Waals surface area (Å²) in [5.41, 5.74) is 0.971. The third-order valence-electron chi connectivity index (χ3n) is 2.91. The van der Waals surface area contributed by atoms with Crippen LogP contribution in [0.2, 0.25) is 0 Å². The van der Waals surface area contributed by atoms with Gasteiger partial charge in [0.2, 0.25) is 10.0 Å². The molecule has 0 bridgehead atoms. The average Bonchev–Trinajstić information content (AvgIpc) is 2.90. The third-order valence-corrected chi connectivity index (χ3v) is 5.35. The Balaban J connectivity index is 2.47. The van der Waals surface area contributed by atoms with Crippen LogP contribution in [0, 0.1) is 17.2 Å². The molecule has 0 unspecified atom stereocenters. The number of nitriles is 1. The maximum absolute atomic E-state index is 12.8. The average molecular weight is 324 g/mol. The van der Waals surface area contributed by atoms with Crippen molar-refractivity contribution in [3.8, 4) is 6.07 Å². The van der Waals surface area contributed by atoms with E-state index in [4.69, 9.17) is 5.26 Å². The first-order valence-corrected chi connectivity index (χ1v) is 8.72. The Hall–Kier alpha value is -1.56. The van der Waals surface area contributed by atoms with Gasteiger partial charge in [-0.05, 0) is 18.1 Å². The molecule has 0 amide bonds. The van der Waals surface area contributed by atoms with Crippen LogP contribution in [0.4, 0.5) is 0 Å². The van der Waals surface area contributed by atoms with E-state index in [1.807, 2.05) is 19.9 Å². The Morgan fingerprint density at radius 3 is 2.81 bits per heavy atom. The standard InChI is InChI=1S/C13H16N4O2S2/c1-10(2)9-17(8-4-7-14)21(18,19)12-6-3-5-11-13(12)16-20-15-11/h3,5-6,10H,4,8-9H2,1-2H3. The minimum absolute atomic E-state index is 0.160. The summed E-state index contributed by atoms with van der Waals surface area (Å²) < 4.78 is 35.2. The van der Waals surface area contributed by atoms with Crippen molar-refractivity contribution in [2.45, 2.75) is 25.2 Å². The topological polar surface area (TPSA) is 87.0 Å². The lowest BCUT2D eigenvalue weighted by molar-refractivity contribution is 0.373. The van der Waals surface area contributed by atoms with Gasteiger partial charge < -0.3 is 0 Å². The van der Waals surface area contributed by atoms with E-state index in [0.717, 1.165) is 11.7 Å². The molecule has 0 spiro atoms. The number of nitrogens with zero attached hydrogens (tertiary/aromatic N) is 4. The number of rotatable bonds is 6. The van der Waals surface area contributed by atoms with E-state index in [0.29, 0.717) is 17.6 Å². The molecule has 0 aliphatic heterocycles. The van der Waals surface area contributed by atoms with Gasteiger partial charge in [-0.1, -0.05) is 19.9 Å². The van der Waals surface area contributed by atoms with Gasteiger partial charge in [0.15, 0.2) is 0 Å². The summed E-state index contributed by atoms with van der Waals surface area (Å²) >= 11 is 0.991. The second-order valence-corrected chi connectivity index (χ2v) is 7.49. The van der Waals surface area contributed by atoms with Crippen LogP contribution in [0.15, 0.2) is 23.1 Å². The summed E-state index contributed by atoms with van der Waals surface area (Å²) in [4.78, 5) is 0.160. The molecule has 8 heteroatoms. The molecule has 112 valence electrons. The highest BCUT2D eigenvalue weighted by Crippen LogP contribution is 2.25. The summed E-state index contributed by atoms with van der Waals surface area (Å²) in [5, 5.41) is 8.73. The Bertz CT molecular complexity index is 762. The number of sulfonamides is 1. The fourth-order valence-corrected chi connectivity index (χ4v) is 4.38. The lowest BCUT2D eigenvalue weighted by Crippen LogP contribution is -2.35. The first-order chi connectivity index (χ1) is 9.96. The van der Waals surface area contributed by atoms with Gasteiger partial charge in [0, 0.05) is 19.5 Å². The van der Waals surface area contributed by atoms with Crippen LogP contribution in [0.5, 0.6) is 0 Å². The van der Waals surface area contributed by atoms with Crippen molar-refractivity contribution in [2.75, 3.05) is 13.1 Å². The van der Waals surface area contributed by atoms with Gasteiger partial charge in [-0.25, -0.2) is 8.42 Å². The molecule has 1 aromatic carbocycles. The normalized spacial score (nSPS) is 12.1. The van der Waals surface area contributed by atoms with E-state index in [2.05, 4.69) is 8.75 Å². The molecule has 0 radical (unpaired) electrons. The number of aromatic nitrogens is 2. The highest BCUT2D eigenvalue weighted by Gasteiger charge is 2.27. The second-order valence-electron chi connectivity index (χ2n) is 5.05. The molecule has 0 aliphatic rings. The lowest BCUT2D eigenvalue weighted by Gasteiger charge is -2.23. The molecule has 6 nitrogen and oxygen atoms in total. The van der Waals surface area contributed by atoms with E-state index in [9.17, 15) is 8.42 Å². The Labute approximate surface area is 128 Å². The van der Waals surface area contributed by atoms with E-state index in [-0.39, 0.29) is 23.8 Å². The first kappa shape index (κ1) is 15.8. The molecule has 21 heavy (non-hydrogen) atoms. The number of fused-ring (bicyclic) bond motifs is 1. The molecular formula is C13H16N4O2S2. The summed E-state index contributed by atoms with van der Waals surface area (Å²) in [6, 6.07) is 6.93. The number of hydrogen-bond donors (Lipinski definition) is 0. The lowest BCUT2D eigenvalue weighted by atomic mass is 10.2. The molecule has 1 aromatic heterocycles. The summed E-state index contributed by atoms with van der Waals surface area (Å²) in [6.45, 7) is 4.45. The van der Waals surface area contributed by atoms with E-state index in [1.54, 1.807) is 18.2 Å². The summed E-state index contributed by atoms with van der Waals surface area (Å²) in [7, 11) is -3.68. The molecule has 2 aromatic rings. The summed E-state index contributed by atoms with van der Waals surface area (Å²) in [6.07, 6.45) is 0.164. The van der Waals surface area contributed by atoms with Gasteiger partial charge in [0.1, 0.15) is 15.9 Å². The largest absolute Gasteiger partial charge is 0.245 e. The Morgan fingerprint density at radius 1 is 1.38 bits per heavy atom. The van der Waals surface area contributed by atoms with Crippen molar-refractivity contribution >= 4 is 32.8 Å². The minimum atomic E-state index is -3.68. The van der Waals surface area contributed by atoms with E-state index < -0.39 is 10.0 Å². The SMILES string of the molecule is CC(C)CN(CCC#N)S(=O)(=O)c1cccc2nsnc12. The molecule has 0 saturated carbocycles. The van der Waals surface area contributed by atoms with Gasteiger partial charge in [-0.3, -0.25) is 0 Å². The molecule has 0 saturated heterocycles. The molecule has 0 N–H and O–H groups in total. The molecule has 0 aliphatic carbocycles.